The van der Waals surface area contributed by atoms with Gasteiger partial charge in [-0.15, -0.1) is 0 Å². The number of hydrogen-bond acceptors (Lipinski definition) is 10. The first-order valence-electron chi connectivity index (χ1n) is 17.3. The molecule has 0 radical (unpaired) electrons. The molecule has 1 aromatic rings. The third kappa shape index (κ3) is 8.29. The maximum atomic E-state index is 14.4. The molecule has 3 heterocycles. The van der Waals surface area contributed by atoms with Crippen LogP contribution in [-0.4, -0.2) is 102 Å². The van der Waals surface area contributed by atoms with Gasteiger partial charge in [-0.05, 0) is 77.6 Å². The smallest absolute Gasteiger partial charge is 0.410 e. The van der Waals surface area contributed by atoms with Gasteiger partial charge in [0, 0.05) is 24.4 Å². The zero-order valence-corrected chi connectivity index (χ0v) is 29.7. The van der Waals surface area contributed by atoms with Gasteiger partial charge in [0.25, 0.3) is 5.91 Å². The van der Waals surface area contributed by atoms with E-state index in [-0.39, 0.29) is 38.9 Å². The highest BCUT2D eigenvalue weighted by atomic mass is 32.2. The molecule has 51 heavy (non-hydrogen) atoms. The van der Waals surface area contributed by atoms with Crippen LogP contribution in [0.15, 0.2) is 30.4 Å². The first-order chi connectivity index (χ1) is 24.1. The predicted molar refractivity (Wildman–Crippen MR) is 180 cm³/mol. The van der Waals surface area contributed by atoms with Gasteiger partial charge >= 0.3 is 12.2 Å². The van der Waals surface area contributed by atoms with Crippen LogP contribution in [-0.2, 0) is 47.0 Å². The molecule has 1 aromatic carbocycles. The fraction of sp³-hybridized carbons (Fsp3) is 0.618. The Morgan fingerprint density at radius 3 is 2.55 bits per heavy atom. The fourth-order valence-corrected chi connectivity index (χ4v) is 8.16. The normalized spacial score (nSPS) is 28.9. The summed E-state index contributed by atoms with van der Waals surface area (Å²) in [5.74, 6) is -3.17. The summed E-state index contributed by atoms with van der Waals surface area (Å²) in [4.78, 5) is 70.7. The van der Waals surface area contributed by atoms with Crippen LogP contribution >= 0.6 is 0 Å². The molecule has 2 saturated carbocycles. The van der Waals surface area contributed by atoms with Crippen molar-refractivity contribution in [1.29, 1.82) is 0 Å². The summed E-state index contributed by atoms with van der Waals surface area (Å²) < 4.78 is 53.2. The Morgan fingerprint density at radius 2 is 1.84 bits per heavy atom. The number of fused-ring (bicyclic) bond motifs is 3. The van der Waals surface area contributed by atoms with Crippen molar-refractivity contribution in [2.45, 2.75) is 107 Å². The van der Waals surface area contributed by atoms with E-state index < -0.39 is 86.2 Å². The summed E-state index contributed by atoms with van der Waals surface area (Å²) in [5.41, 5.74) is -1.40. The molecule has 1 unspecified atom stereocenters. The Hall–Kier alpha value is -4.25. The zero-order chi connectivity index (χ0) is 36.7. The van der Waals surface area contributed by atoms with Crippen LogP contribution in [0.25, 0.3) is 0 Å². The first kappa shape index (κ1) is 36.5. The van der Waals surface area contributed by atoms with Crippen LogP contribution in [0, 0.1) is 11.7 Å². The van der Waals surface area contributed by atoms with Crippen molar-refractivity contribution in [1.82, 2.24) is 30.5 Å². The minimum Gasteiger partial charge on any atom is -0.444 e. The second kappa shape index (κ2) is 14.1. The van der Waals surface area contributed by atoms with Gasteiger partial charge in [0.1, 0.15) is 35.1 Å². The highest BCUT2D eigenvalue weighted by Gasteiger charge is 2.62. The number of carbonyl (C=O) groups excluding carboxylic acids is 5. The van der Waals surface area contributed by atoms with E-state index in [0.29, 0.717) is 43.5 Å². The molecule has 4 N–H and O–H groups in total. The number of alkyl carbamates (subject to hydrolysis) is 1. The number of benzene rings is 1. The number of sulfonamides is 1. The van der Waals surface area contributed by atoms with E-state index in [2.05, 4.69) is 20.7 Å². The molecule has 5 aliphatic rings. The van der Waals surface area contributed by atoms with Gasteiger partial charge in [-0.2, -0.15) is 0 Å². The quantitative estimate of drug-likeness (QED) is 0.323. The molecule has 5 amide bonds. The van der Waals surface area contributed by atoms with E-state index >= 15 is 0 Å². The molecule has 0 aromatic heterocycles. The van der Waals surface area contributed by atoms with Gasteiger partial charge in [-0.1, -0.05) is 24.3 Å². The summed E-state index contributed by atoms with van der Waals surface area (Å²) in [6.07, 6.45) is 2.62. The number of amides is 5. The van der Waals surface area contributed by atoms with Crippen LogP contribution in [0.5, 0.6) is 0 Å². The average Bonchev–Trinajstić information content (AvgIpc) is 3.93. The molecule has 278 valence electrons. The molecule has 2 aliphatic carbocycles. The zero-order valence-electron chi connectivity index (χ0n) is 28.9. The third-order valence-electron chi connectivity index (χ3n) is 9.72. The van der Waals surface area contributed by atoms with Crippen molar-refractivity contribution < 1.29 is 46.3 Å². The molecule has 15 nitrogen and oxygen atoms in total. The summed E-state index contributed by atoms with van der Waals surface area (Å²) in [6, 6.07) is 2.20. The molecule has 1 saturated heterocycles. The van der Waals surface area contributed by atoms with Gasteiger partial charge in [0.2, 0.25) is 21.8 Å². The largest absolute Gasteiger partial charge is 0.444 e. The number of hydrogen-bond donors (Lipinski definition) is 4. The van der Waals surface area contributed by atoms with E-state index in [1.165, 1.54) is 15.9 Å². The third-order valence-corrected chi connectivity index (χ3v) is 11.5. The van der Waals surface area contributed by atoms with Crippen molar-refractivity contribution in [2.24, 2.45) is 5.92 Å². The van der Waals surface area contributed by atoms with Gasteiger partial charge in [-0.3, -0.25) is 24.0 Å². The summed E-state index contributed by atoms with van der Waals surface area (Å²) >= 11 is 0. The monoisotopic (exact) mass is 732 g/mol. The average molecular weight is 733 g/mol. The Labute approximate surface area is 296 Å². The van der Waals surface area contributed by atoms with E-state index in [0.717, 1.165) is 0 Å². The number of nitrogens with one attached hydrogen (secondary N) is 4. The van der Waals surface area contributed by atoms with Crippen LogP contribution in [0.4, 0.5) is 14.0 Å². The Bertz CT molecular complexity index is 1730. The second-order valence-electron chi connectivity index (χ2n) is 14.9. The summed E-state index contributed by atoms with van der Waals surface area (Å²) in [5, 5.41) is 7.95. The fourth-order valence-electron chi connectivity index (χ4n) is 6.79. The molecule has 6 rings (SSSR count). The van der Waals surface area contributed by atoms with Gasteiger partial charge in [0.15, 0.2) is 0 Å². The molecule has 3 aliphatic heterocycles. The van der Waals surface area contributed by atoms with Crippen molar-refractivity contribution in [3.05, 3.63) is 47.3 Å². The lowest BCUT2D eigenvalue weighted by Gasteiger charge is -2.30. The van der Waals surface area contributed by atoms with Gasteiger partial charge in [-0.25, -0.2) is 22.4 Å². The number of nitrogens with zero attached hydrogens (tertiary/aromatic N) is 2. The molecule has 0 bridgehead atoms. The summed E-state index contributed by atoms with van der Waals surface area (Å²) in [7, 11) is -3.93. The van der Waals surface area contributed by atoms with Crippen molar-refractivity contribution >= 4 is 39.9 Å². The van der Waals surface area contributed by atoms with Crippen LogP contribution in [0.3, 0.4) is 0 Å². The van der Waals surface area contributed by atoms with Gasteiger partial charge in [0.05, 0.1) is 18.3 Å². The molecular weight excluding hydrogens is 687 g/mol. The lowest BCUT2D eigenvalue weighted by atomic mass is 10.1. The SMILES string of the molecule is CC(C)(C)OC(=O)N[C@H]1CCNCC/C=C\[C@H]2C[C@@]2(C(=O)NS(=O)(=O)C2CC2)NC(=O)C2C[C@@H](OC(=O)N3Cc4cccc(F)c4C3)CN2C1=O. The number of ether oxygens (including phenoxy) is 2. The van der Waals surface area contributed by atoms with Crippen molar-refractivity contribution in [3.63, 3.8) is 0 Å². The standard InChI is InChI=1S/C34H45FN6O9S/c1-33(2,3)50-31(45)37-26-12-14-36-13-5-4-8-21-16-34(21,30(44)39-51(47,48)23-10-11-23)38-28(42)27-15-22(18-41(27)29(26)43)49-32(46)40-17-20-7-6-9-25(35)24(20)19-40/h4,6-9,21-23,26-27,36H,5,10-19H2,1-3H3,(H,37,45)(H,38,42)(H,39,44)/b8-4-/t21-,22+,26-,27?,34+/m0/s1. The molecule has 0 spiro atoms. The number of carbonyl (C=O) groups is 5. The molecule has 17 heteroatoms. The maximum Gasteiger partial charge on any atom is 0.410 e. The van der Waals surface area contributed by atoms with Crippen LogP contribution in [0.2, 0.25) is 0 Å². The van der Waals surface area contributed by atoms with Crippen LogP contribution < -0.4 is 20.7 Å². The van der Waals surface area contributed by atoms with E-state index in [1.807, 2.05) is 6.08 Å². The molecular formula is C34H45FN6O9S. The Balaban J connectivity index is 1.25. The molecule has 5 atom stereocenters. The number of rotatable bonds is 5. The lowest BCUT2D eigenvalue weighted by Crippen LogP contribution is -2.58. The Kier molecular flexibility index (Phi) is 10.1. The van der Waals surface area contributed by atoms with Crippen molar-refractivity contribution in [2.75, 3.05) is 19.6 Å². The van der Waals surface area contributed by atoms with E-state index in [1.54, 1.807) is 39.0 Å². The number of halogens is 1. The van der Waals surface area contributed by atoms with Gasteiger partial charge < -0.3 is 30.3 Å². The predicted octanol–water partition coefficient (Wildman–Crippen LogP) is 1.56. The maximum absolute atomic E-state index is 14.4. The minimum atomic E-state index is -3.93. The lowest BCUT2D eigenvalue weighted by molar-refractivity contribution is -0.141. The summed E-state index contributed by atoms with van der Waals surface area (Å²) in [6.45, 7) is 5.77. The van der Waals surface area contributed by atoms with Crippen molar-refractivity contribution in [3.8, 4) is 0 Å². The second-order valence-corrected chi connectivity index (χ2v) is 16.8. The highest BCUT2D eigenvalue weighted by Crippen LogP contribution is 2.46. The molecule has 3 fully saturated rings. The first-order valence-corrected chi connectivity index (χ1v) is 18.9. The highest BCUT2D eigenvalue weighted by molar-refractivity contribution is 7.91. The minimum absolute atomic E-state index is 0.00863. The van der Waals surface area contributed by atoms with Crippen LogP contribution in [0.1, 0.15) is 70.4 Å². The Morgan fingerprint density at radius 1 is 1.08 bits per heavy atom. The van der Waals surface area contributed by atoms with E-state index in [4.69, 9.17) is 9.47 Å². The van der Waals surface area contributed by atoms with E-state index in [9.17, 15) is 36.8 Å². The topological polar surface area (TPSA) is 193 Å².